The van der Waals surface area contributed by atoms with Crippen LogP contribution in [0.5, 0.6) is 0 Å². The van der Waals surface area contributed by atoms with Crippen LogP contribution >= 0.6 is 0 Å². The van der Waals surface area contributed by atoms with Crippen LogP contribution in [0.1, 0.15) is 37.7 Å². The number of aromatic nitrogens is 1. The van der Waals surface area contributed by atoms with Crippen molar-refractivity contribution in [2.45, 2.75) is 40.0 Å². The van der Waals surface area contributed by atoms with Gasteiger partial charge in [-0.3, -0.25) is 4.98 Å². The van der Waals surface area contributed by atoms with Crippen molar-refractivity contribution < 1.29 is 0 Å². The van der Waals surface area contributed by atoms with Gasteiger partial charge in [0.1, 0.15) is 0 Å². The molecule has 0 unspecified atom stereocenters. The number of hydrogen-bond donors (Lipinski definition) is 0. The van der Waals surface area contributed by atoms with Crippen LogP contribution in [0.4, 0.5) is 0 Å². The third-order valence-electron chi connectivity index (χ3n) is 2.12. The van der Waals surface area contributed by atoms with Crippen molar-refractivity contribution in [1.82, 2.24) is 4.98 Å². The van der Waals surface area contributed by atoms with Crippen molar-refractivity contribution in [3.05, 3.63) is 29.1 Å². The molecule has 0 N–H and O–H groups in total. The van der Waals surface area contributed by atoms with Crippen LogP contribution in [-0.4, -0.2) is 4.98 Å². The SMILES string of the molecule is CCc1cc(CC)nc(CC)c1. The molecule has 1 heterocycles. The first-order valence-corrected chi connectivity index (χ1v) is 4.78. The van der Waals surface area contributed by atoms with Gasteiger partial charge in [-0.1, -0.05) is 20.8 Å². The fourth-order valence-corrected chi connectivity index (χ4v) is 1.29. The maximum absolute atomic E-state index is 4.52. The third kappa shape index (κ3) is 2.07. The summed E-state index contributed by atoms with van der Waals surface area (Å²) in [5.74, 6) is 0. The Hall–Kier alpha value is -0.850. The van der Waals surface area contributed by atoms with E-state index in [1.165, 1.54) is 17.0 Å². The van der Waals surface area contributed by atoms with Gasteiger partial charge in [0, 0.05) is 11.4 Å². The lowest BCUT2D eigenvalue weighted by atomic mass is 10.1. The maximum atomic E-state index is 4.52. The summed E-state index contributed by atoms with van der Waals surface area (Å²) in [5, 5.41) is 0. The second-order valence-electron chi connectivity index (χ2n) is 3.02. The highest BCUT2D eigenvalue weighted by atomic mass is 14.7. The lowest BCUT2D eigenvalue weighted by Gasteiger charge is -2.04. The summed E-state index contributed by atoms with van der Waals surface area (Å²) >= 11 is 0. The van der Waals surface area contributed by atoms with Crippen molar-refractivity contribution in [1.29, 1.82) is 0 Å². The lowest BCUT2D eigenvalue weighted by molar-refractivity contribution is 0.934. The topological polar surface area (TPSA) is 12.9 Å². The van der Waals surface area contributed by atoms with Crippen molar-refractivity contribution in [2.75, 3.05) is 0 Å². The third-order valence-corrected chi connectivity index (χ3v) is 2.12. The molecule has 1 aromatic rings. The molecule has 0 aliphatic rings. The van der Waals surface area contributed by atoms with E-state index in [2.05, 4.69) is 37.9 Å². The molecule has 0 atom stereocenters. The fourth-order valence-electron chi connectivity index (χ4n) is 1.29. The number of aryl methyl sites for hydroxylation is 3. The van der Waals surface area contributed by atoms with Crippen LogP contribution in [0.2, 0.25) is 0 Å². The van der Waals surface area contributed by atoms with Gasteiger partial charge in [-0.05, 0) is 37.0 Å². The van der Waals surface area contributed by atoms with Crippen molar-refractivity contribution in [3.63, 3.8) is 0 Å². The normalized spacial score (nSPS) is 10.2. The zero-order valence-corrected chi connectivity index (χ0v) is 8.22. The quantitative estimate of drug-likeness (QED) is 0.667. The second kappa shape index (κ2) is 4.24. The van der Waals surface area contributed by atoms with Gasteiger partial charge in [0.05, 0.1) is 0 Å². The highest BCUT2D eigenvalue weighted by Crippen LogP contribution is 2.08. The molecule has 1 nitrogen and oxygen atoms in total. The molecule has 1 rings (SSSR count). The molecule has 1 heteroatoms. The summed E-state index contributed by atoms with van der Waals surface area (Å²) in [6.45, 7) is 6.50. The van der Waals surface area contributed by atoms with E-state index in [9.17, 15) is 0 Å². The molecule has 0 radical (unpaired) electrons. The Morgan fingerprint density at radius 3 is 1.75 bits per heavy atom. The molecule has 12 heavy (non-hydrogen) atoms. The smallest absolute Gasteiger partial charge is 0.0406 e. The highest BCUT2D eigenvalue weighted by Gasteiger charge is 1.98. The second-order valence-corrected chi connectivity index (χ2v) is 3.02. The summed E-state index contributed by atoms with van der Waals surface area (Å²) < 4.78 is 0. The fraction of sp³-hybridized carbons (Fsp3) is 0.545. The average Bonchev–Trinajstić information content (AvgIpc) is 2.16. The first-order valence-electron chi connectivity index (χ1n) is 4.78. The van der Waals surface area contributed by atoms with E-state index in [-0.39, 0.29) is 0 Å². The molecule has 0 saturated heterocycles. The summed E-state index contributed by atoms with van der Waals surface area (Å²) in [4.78, 5) is 4.52. The largest absolute Gasteiger partial charge is 0.258 e. The van der Waals surface area contributed by atoms with E-state index >= 15 is 0 Å². The van der Waals surface area contributed by atoms with Gasteiger partial charge in [0.25, 0.3) is 0 Å². The van der Waals surface area contributed by atoms with Crippen molar-refractivity contribution in [2.24, 2.45) is 0 Å². The van der Waals surface area contributed by atoms with E-state index < -0.39 is 0 Å². The van der Waals surface area contributed by atoms with E-state index in [1.54, 1.807) is 0 Å². The van der Waals surface area contributed by atoms with Gasteiger partial charge in [0.2, 0.25) is 0 Å². The standard InChI is InChI=1S/C11H17N/c1-4-9-7-10(5-2)12-11(6-3)8-9/h7-8H,4-6H2,1-3H3. The highest BCUT2D eigenvalue weighted by molar-refractivity contribution is 5.21. The Labute approximate surface area is 74.8 Å². The average molecular weight is 163 g/mol. The lowest BCUT2D eigenvalue weighted by Crippen LogP contribution is -1.96. The predicted octanol–water partition coefficient (Wildman–Crippen LogP) is 2.77. The van der Waals surface area contributed by atoms with E-state index in [0.29, 0.717) is 0 Å². The number of pyridine rings is 1. The predicted molar refractivity (Wildman–Crippen MR) is 52.4 cm³/mol. The van der Waals surface area contributed by atoms with Crippen LogP contribution in [0.3, 0.4) is 0 Å². The molecule has 0 bridgehead atoms. The Balaban J connectivity index is 3.01. The first kappa shape index (κ1) is 9.24. The Bertz CT molecular complexity index is 198. The number of hydrogen-bond acceptors (Lipinski definition) is 1. The van der Waals surface area contributed by atoms with Gasteiger partial charge in [-0.25, -0.2) is 0 Å². The van der Waals surface area contributed by atoms with Gasteiger partial charge >= 0.3 is 0 Å². The maximum Gasteiger partial charge on any atom is 0.0406 e. The van der Waals surface area contributed by atoms with E-state index in [0.717, 1.165) is 19.3 Å². The van der Waals surface area contributed by atoms with E-state index in [1.807, 2.05) is 0 Å². The molecule has 0 amide bonds. The van der Waals surface area contributed by atoms with E-state index in [4.69, 9.17) is 0 Å². The van der Waals surface area contributed by atoms with Crippen molar-refractivity contribution in [3.8, 4) is 0 Å². The molecule has 1 aromatic heterocycles. The summed E-state index contributed by atoms with van der Waals surface area (Å²) in [6, 6.07) is 4.42. The van der Waals surface area contributed by atoms with Crippen LogP contribution in [0.25, 0.3) is 0 Å². The minimum Gasteiger partial charge on any atom is -0.258 e. The van der Waals surface area contributed by atoms with Gasteiger partial charge < -0.3 is 0 Å². The Morgan fingerprint density at radius 1 is 0.917 bits per heavy atom. The Kier molecular flexibility index (Phi) is 3.27. The molecule has 0 saturated carbocycles. The van der Waals surface area contributed by atoms with Crippen LogP contribution in [0.15, 0.2) is 12.1 Å². The van der Waals surface area contributed by atoms with Crippen LogP contribution in [-0.2, 0) is 19.3 Å². The minimum absolute atomic E-state index is 1.04. The zero-order chi connectivity index (χ0) is 8.97. The molecule has 0 aromatic carbocycles. The van der Waals surface area contributed by atoms with Crippen molar-refractivity contribution >= 4 is 0 Å². The molecular formula is C11H17N. The minimum atomic E-state index is 1.04. The summed E-state index contributed by atoms with van der Waals surface area (Å²) in [6.07, 6.45) is 3.20. The van der Waals surface area contributed by atoms with Crippen LogP contribution < -0.4 is 0 Å². The zero-order valence-electron chi connectivity index (χ0n) is 8.22. The van der Waals surface area contributed by atoms with Gasteiger partial charge in [0.15, 0.2) is 0 Å². The molecule has 0 spiro atoms. The molecule has 0 fully saturated rings. The molecule has 0 aliphatic carbocycles. The first-order chi connectivity index (χ1) is 5.80. The monoisotopic (exact) mass is 163 g/mol. The van der Waals surface area contributed by atoms with Gasteiger partial charge in [-0.15, -0.1) is 0 Å². The summed E-state index contributed by atoms with van der Waals surface area (Å²) in [7, 11) is 0. The molecule has 0 aliphatic heterocycles. The molecule has 66 valence electrons. The van der Waals surface area contributed by atoms with Crippen LogP contribution in [0, 0.1) is 0 Å². The number of rotatable bonds is 3. The Morgan fingerprint density at radius 2 is 1.42 bits per heavy atom. The summed E-state index contributed by atoms with van der Waals surface area (Å²) in [5.41, 5.74) is 3.87. The van der Waals surface area contributed by atoms with Gasteiger partial charge in [-0.2, -0.15) is 0 Å². The number of nitrogens with zero attached hydrogens (tertiary/aromatic N) is 1. The molecular weight excluding hydrogens is 146 g/mol.